The average molecular weight is 282 g/mol. The van der Waals surface area contributed by atoms with Gasteiger partial charge in [-0.05, 0) is 26.1 Å². The van der Waals surface area contributed by atoms with Gasteiger partial charge in [0.2, 0.25) is 0 Å². The number of carbonyl (C=O) groups excluding carboxylic acids is 1. The number of nitrogens with zero attached hydrogens (tertiary/aromatic N) is 3. The van der Waals surface area contributed by atoms with Crippen LogP contribution in [0.2, 0.25) is 0 Å². The van der Waals surface area contributed by atoms with Gasteiger partial charge in [0.15, 0.2) is 5.69 Å². The zero-order valence-corrected chi connectivity index (χ0v) is 13.0. The van der Waals surface area contributed by atoms with E-state index in [1.54, 1.807) is 0 Å². The molecule has 0 saturated heterocycles. The highest BCUT2D eigenvalue weighted by molar-refractivity contribution is 5.92. The topological polar surface area (TPSA) is 73.4 Å². The van der Waals surface area contributed by atoms with E-state index >= 15 is 0 Å². The van der Waals surface area contributed by atoms with Crippen LogP contribution in [0, 0.1) is 0 Å². The van der Waals surface area contributed by atoms with Crippen LogP contribution in [0.3, 0.4) is 0 Å². The van der Waals surface area contributed by atoms with E-state index < -0.39 is 5.97 Å². The molecule has 0 bridgehead atoms. The first-order valence-corrected chi connectivity index (χ1v) is 7.24. The highest BCUT2D eigenvalue weighted by Crippen LogP contribution is 2.17. The molecule has 0 amide bonds. The van der Waals surface area contributed by atoms with E-state index in [9.17, 15) is 4.79 Å². The van der Waals surface area contributed by atoms with Crippen molar-refractivity contribution >= 4 is 11.8 Å². The van der Waals surface area contributed by atoms with Crippen molar-refractivity contribution in [1.82, 2.24) is 14.5 Å². The predicted octanol–water partition coefficient (Wildman–Crippen LogP) is 1.55. The number of hydrogen-bond donors (Lipinski definition) is 1. The number of nitrogen functional groups attached to an aromatic ring is 1. The number of esters is 1. The van der Waals surface area contributed by atoms with Crippen LogP contribution in [0.5, 0.6) is 0 Å². The van der Waals surface area contributed by atoms with Crippen LogP contribution in [0.25, 0.3) is 0 Å². The van der Waals surface area contributed by atoms with Crippen LogP contribution >= 0.6 is 0 Å². The number of aryl methyl sites for hydroxylation is 1. The van der Waals surface area contributed by atoms with Gasteiger partial charge >= 0.3 is 5.97 Å². The number of imidazole rings is 1. The van der Waals surface area contributed by atoms with Gasteiger partial charge in [0.1, 0.15) is 11.6 Å². The Bertz CT molecular complexity index is 439. The van der Waals surface area contributed by atoms with E-state index in [2.05, 4.69) is 23.7 Å². The number of ether oxygens (including phenoxy) is 1. The van der Waals surface area contributed by atoms with E-state index in [4.69, 9.17) is 10.5 Å². The maximum absolute atomic E-state index is 11.6. The summed E-state index contributed by atoms with van der Waals surface area (Å²) in [7, 11) is 1.34. The Balaban J connectivity index is 2.78. The Morgan fingerprint density at radius 2 is 2.00 bits per heavy atom. The van der Waals surface area contributed by atoms with Crippen LogP contribution in [0.1, 0.15) is 43.5 Å². The monoisotopic (exact) mass is 282 g/mol. The molecule has 0 atom stereocenters. The third-order valence-electron chi connectivity index (χ3n) is 3.53. The van der Waals surface area contributed by atoms with Gasteiger partial charge in [0.05, 0.1) is 7.11 Å². The first kappa shape index (κ1) is 16.5. The lowest BCUT2D eigenvalue weighted by molar-refractivity contribution is 0.0595. The van der Waals surface area contributed by atoms with E-state index in [1.165, 1.54) is 7.11 Å². The number of hydrogen-bond acceptors (Lipinski definition) is 5. The molecule has 0 aromatic carbocycles. The summed E-state index contributed by atoms with van der Waals surface area (Å²) in [6.45, 7) is 10.2. The number of rotatable bonds is 8. The minimum atomic E-state index is -0.473. The normalized spacial score (nSPS) is 11.1. The second-order valence-electron chi connectivity index (χ2n) is 4.64. The predicted molar refractivity (Wildman–Crippen MR) is 79.8 cm³/mol. The van der Waals surface area contributed by atoms with Crippen LogP contribution in [-0.2, 0) is 17.7 Å². The second-order valence-corrected chi connectivity index (χ2v) is 4.64. The van der Waals surface area contributed by atoms with Crippen LogP contribution in [0.4, 0.5) is 5.82 Å². The Morgan fingerprint density at radius 1 is 1.35 bits per heavy atom. The van der Waals surface area contributed by atoms with E-state index in [0.29, 0.717) is 5.82 Å². The average Bonchev–Trinajstić information content (AvgIpc) is 2.79. The molecule has 0 spiro atoms. The SMILES string of the molecule is CCc1nc(C(=O)OC)c(N)n1CCCN(CC)CC. The minimum absolute atomic E-state index is 0.229. The molecule has 0 radical (unpaired) electrons. The lowest BCUT2D eigenvalue weighted by atomic mass is 10.3. The standard InChI is InChI=1S/C14H26N4O2/c1-5-11-16-12(14(19)20-4)13(15)18(11)10-8-9-17(6-2)7-3/h5-10,15H2,1-4H3. The molecule has 0 unspecified atom stereocenters. The van der Waals surface area contributed by atoms with Crippen molar-refractivity contribution in [2.24, 2.45) is 0 Å². The molecule has 1 aromatic rings. The fraction of sp³-hybridized carbons (Fsp3) is 0.714. The molecule has 114 valence electrons. The lowest BCUT2D eigenvalue weighted by Crippen LogP contribution is -2.25. The molecule has 0 saturated carbocycles. The molecule has 1 aromatic heterocycles. The molecule has 1 heterocycles. The van der Waals surface area contributed by atoms with Crippen molar-refractivity contribution in [2.75, 3.05) is 32.5 Å². The molecule has 6 heteroatoms. The Labute approximate surface area is 120 Å². The number of anilines is 1. The number of carbonyl (C=O) groups is 1. The number of methoxy groups -OCH3 is 1. The largest absolute Gasteiger partial charge is 0.464 e. The molecule has 20 heavy (non-hydrogen) atoms. The molecule has 0 aliphatic carbocycles. The van der Waals surface area contributed by atoms with Crippen molar-refractivity contribution in [1.29, 1.82) is 0 Å². The summed E-state index contributed by atoms with van der Waals surface area (Å²) >= 11 is 0. The van der Waals surface area contributed by atoms with Crippen molar-refractivity contribution in [3.05, 3.63) is 11.5 Å². The highest BCUT2D eigenvalue weighted by atomic mass is 16.5. The third kappa shape index (κ3) is 3.72. The van der Waals surface area contributed by atoms with Gasteiger partial charge in [0.25, 0.3) is 0 Å². The van der Waals surface area contributed by atoms with Crippen molar-refractivity contribution in [3.8, 4) is 0 Å². The lowest BCUT2D eigenvalue weighted by Gasteiger charge is -2.18. The first-order chi connectivity index (χ1) is 9.58. The Hall–Kier alpha value is -1.56. The molecule has 2 N–H and O–H groups in total. The maximum atomic E-state index is 11.6. The first-order valence-electron chi connectivity index (χ1n) is 7.24. The second kappa shape index (κ2) is 7.89. The number of aromatic nitrogens is 2. The van der Waals surface area contributed by atoms with Crippen molar-refractivity contribution < 1.29 is 9.53 Å². The smallest absolute Gasteiger partial charge is 0.360 e. The molecule has 6 nitrogen and oxygen atoms in total. The van der Waals surface area contributed by atoms with Crippen LogP contribution in [-0.4, -0.2) is 47.2 Å². The summed E-state index contributed by atoms with van der Waals surface area (Å²) < 4.78 is 6.63. The summed E-state index contributed by atoms with van der Waals surface area (Å²) in [4.78, 5) is 18.3. The summed E-state index contributed by atoms with van der Waals surface area (Å²) in [6.07, 6.45) is 1.72. The quantitative estimate of drug-likeness (QED) is 0.732. The molecule has 1 rings (SSSR count). The van der Waals surface area contributed by atoms with Crippen LogP contribution in [0.15, 0.2) is 0 Å². The fourth-order valence-corrected chi connectivity index (χ4v) is 2.27. The maximum Gasteiger partial charge on any atom is 0.360 e. The molecular formula is C14H26N4O2. The molecule has 0 fully saturated rings. The van der Waals surface area contributed by atoms with E-state index in [0.717, 1.165) is 44.8 Å². The molecule has 0 aliphatic heterocycles. The summed E-state index contributed by atoms with van der Waals surface area (Å²) in [5.74, 6) is 0.774. The van der Waals surface area contributed by atoms with Gasteiger partial charge < -0.3 is 19.9 Å². The molecular weight excluding hydrogens is 256 g/mol. The minimum Gasteiger partial charge on any atom is -0.464 e. The van der Waals surface area contributed by atoms with Gasteiger partial charge in [-0.25, -0.2) is 9.78 Å². The van der Waals surface area contributed by atoms with E-state index in [1.807, 2.05) is 11.5 Å². The van der Waals surface area contributed by atoms with Crippen molar-refractivity contribution in [3.63, 3.8) is 0 Å². The summed E-state index contributed by atoms with van der Waals surface area (Å²) in [5.41, 5.74) is 6.25. The van der Waals surface area contributed by atoms with Gasteiger partial charge in [-0.1, -0.05) is 20.8 Å². The Kier molecular flexibility index (Phi) is 6.51. The highest BCUT2D eigenvalue weighted by Gasteiger charge is 2.19. The fourth-order valence-electron chi connectivity index (χ4n) is 2.27. The Morgan fingerprint density at radius 3 is 2.50 bits per heavy atom. The van der Waals surface area contributed by atoms with Gasteiger partial charge in [-0.3, -0.25) is 0 Å². The summed E-state index contributed by atoms with van der Waals surface area (Å²) in [6, 6.07) is 0. The van der Waals surface area contributed by atoms with Gasteiger partial charge in [0, 0.05) is 13.0 Å². The van der Waals surface area contributed by atoms with Crippen LogP contribution < -0.4 is 5.73 Å². The zero-order valence-electron chi connectivity index (χ0n) is 13.0. The van der Waals surface area contributed by atoms with Gasteiger partial charge in [-0.2, -0.15) is 0 Å². The van der Waals surface area contributed by atoms with Gasteiger partial charge in [-0.15, -0.1) is 0 Å². The third-order valence-corrected chi connectivity index (χ3v) is 3.53. The summed E-state index contributed by atoms with van der Waals surface area (Å²) in [5, 5.41) is 0. The van der Waals surface area contributed by atoms with E-state index in [-0.39, 0.29) is 5.69 Å². The molecule has 0 aliphatic rings. The number of nitrogens with two attached hydrogens (primary N) is 1. The van der Waals surface area contributed by atoms with Crippen molar-refractivity contribution in [2.45, 2.75) is 40.2 Å². The zero-order chi connectivity index (χ0) is 15.1.